The number of nitrogens with one attached hydrogen (secondary N) is 1. The summed E-state index contributed by atoms with van der Waals surface area (Å²) in [6.07, 6.45) is 0. The summed E-state index contributed by atoms with van der Waals surface area (Å²) < 4.78 is 53.4. The number of rotatable bonds is 7. The van der Waals surface area contributed by atoms with Gasteiger partial charge in [-0.1, -0.05) is 42.5 Å². The van der Waals surface area contributed by atoms with E-state index in [0.29, 0.717) is 5.56 Å². The molecule has 3 aromatic rings. The maximum atomic E-state index is 14.2. The lowest BCUT2D eigenvalue weighted by Crippen LogP contribution is -2.11. The second kappa shape index (κ2) is 9.57. The van der Waals surface area contributed by atoms with Crippen molar-refractivity contribution in [2.75, 3.05) is 5.32 Å². The molecule has 0 heterocycles. The standard InChI is InChI=1S/C22H16F2N2O2S2/c23-17-12-10-16(11-13-17)15-29-22(26-20-9-5-4-8-19(20)24)21(14-25)30(27,28)18-6-2-1-3-7-18/h1-13,26H,15H2/b22-21+. The monoisotopic (exact) mass is 442 g/mol. The summed E-state index contributed by atoms with van der Waals surface area (Å²) in [6, 6.07) is 20.7. The topological polar surface area (TPSA) is 70.0 Å². The Kier molecular flexibility index (Phi) is 6.87. The van der Waals surface area contributed by atoms with E-state index < -0.39 is 26.4 Å². The highest BCUT2D eigenvalue weighted by Crippen LogP contribution is 2.32. The van der Waals surface area contributed by atoms with Crippen LogP contribution in [0, 0.1) is 23.0 Å². The Morgan fingerprint density at radius 1 is 0.933 bits per heavy atom. The third-order valence-electron chi connectivity index (χ3n) is 4.05. The van der Waals surface area contributed by atoms with Gasteiger partial charge in [-0.2, -0.15) is 5.26 Å². The van der Waals surface area contributed by atoms with Gasteiger partial charge in [-0.25, -0.2) is 17.2 Å². The number of nitrogens with zero attached hydrogens (tertiary/aromatic N) is 1. The molecule has 0 radical (unpaired) electrons. The molecular formula is C22H16F2N2O2S2. The Hall–Kier alpha value is -3.15. The number of nitriles is 1. The van der Waals surface area contributed by atoms with E-state index in [0.717, 1.165) is 11.8 Å². The maximum Gasteiger partial charge on any atom is 0.219 e. The van der Waals surface area contributed by atoms with Crippen molar-refractivity contribution in [3.05, 3.63) is 106 Å². The van der Waals surface area contributed by atoms with Gasteiger partial charge in [0.2, 0.25) is 9.84 Å². The molecule has 0 saturated heterocycles. The molecule has 0 aliphatic heterocycles. The quantitative estimate of drug-likeness (QED) is 0.491. The molecule has 4 nitrogen and oxygen atoms in total. The van der Waals surface area contributed by atoms with Crippen LogP contribution in [0.25, 0.3) is 0 Å². The Labute approximate surface area is 177 Å². The molecule has 3 aromatic carbocycles. The van der Waals surface area contributed by atoms with Crippen LogP contribution in [0.3, 0.4) is 0 Å². The summed E-state index contributed by atoms with van der Waals surface area (Å²) in [4.78, 5) is -0.569. The van der Waals surface area contributed by atoms with Gasteiger partial charge >= 0.3 is 0 Å². The number of allylic oxidation sites excluding steroid dienone is 1. The minimum atomic E-state index is -4.14. The third-order valence-corrected chi connectivity index (χ3v) is 6.98. The Morgan fingerprint density at radius 3 is 2.20 bits per heavy atom. The van der Waals surface area contributed by atoms with E-state index in [9.17, 15) is 22.5 Å². The van der Waals surface area contributed by atoms with Gasteiger partial charge in [0.15, 0.2) is 4.91 Å². The van der Waals surface area contributed by atoms with Crippen molar-refractivity contribution < 1.29 is 17.2 Å². The zero-order chi connectivity index (χ0) is 21.6. The lowest BCUT2D eigenvalue weighted by atomic mass is 10.2. The van der Waals surface area contributed by atoms with Crippen molar-refractivity contribution in [3.8, 4) is 6.07 Å². The number of hydrogen-bond donors (Lipinski definition) is 1. The second-order valence-corrected chi connectivity index (χ2v) is 8.98. The fourth-order valence-corrected chi connectivity index (χ4v) is 5.06. The molecule has 30 heavy (non-hydrogen) atoms. The first kappa shape index (κ1) is 21.6. The van der Waals surface area contributed by atoms with Crippen LogP contribution in [-0.4, -0.2) is 8.42 Å². The SMILES string of the molecule is N#C/C(=C(/Nc1ccccc1F)SCc1ccc(F)cc1)S(=O)(=O)c1ccccc1. The lowest BCUT2D eigenvalue weighted by Gasteiger charge is -2.14. The molecule has 1 N–H and O–H groups in total. The van der Waals surface area contributed by atoms with E-state index >= 15 is 0 Å². The van der Waals surface area contributed by atoms with Crippen LogP contribution in [0.4, 0.5) is 14.5 Å². The molecular weight excluding hydrogens is 426 g/mol. The van der Waals surface area contributed by atoms with E-state index in [2.05, 4.69) is 5.32 Å². The average Bonchev–Trinajstić information content (AvgIpc) is 2.75. The number of hydrogen-bond acceptors (Lipinski definition) is 5. The van der Waals surface area contributed by atoms with Crippen LogP contribution in [0.1, 0.15) is 5.56 Å². The van der Waals surface area contributed by atoms with Crippen molar-refractivity contribution in [3.63, 3.8) is 0 Å². The van der Waals surface area contributed by atoms with Crippen molar-refractivity contribution >= 4 is 27.3 Å². The predicted octanol–water partition coefficient (Wildman–Crippen LogP) is 5.48. The molecule has 0 unspecified atom stereocenters. The molecule has 0 spiro atoms. The molecule has 0 atom stereocenters. The third kappa shape index (κ3) is 5.06. The molecule has 0 bridgehead atoms. The summed E-state index contributed by atoms with van der Waals surface area (Å²) in [5.41, 5.74) is 0.749. The highest BCUT2D eigenvalue weighted by Gasteiger charge is 2.26. The van der Waals surface area contributed by atoms with Gasteiger partial charge in [0.25, 0.3) is 0 Å². The van der Waals surface area contributed by atoms with Gasteiger partial charge < -0.3 is 5.32 Å². The van der Waals surface area contributed by atoms with Gasteiger partial charge in [-0.15, -0.1) is 11.8 Å². The smallest absolute Gasteiger partial charge is 0.219 e. The summed E-state index contributed by atoms with van der Waals surface area (Å²) in [7, 11) is -4.14. The molecule has 0 aromatic heterocycles. The number of para-hydroxylation sites is 1. The largest absolute Gasteiger partial charge is 0.346 e. The number of sulfone groups is 1. The highest BCUT2D eigenvalue weighted by atomic mass is 32.2. The van der Waals surface area contributed by atoms with Gasteiger partial charge in [0.1, 0.15) is 22.7 Å². The van der Waals surface area contributed by atoms with Crippen LogP contribution in [0.2, 0.25) is 0 Å². The minimum Gasteiger partial charge on any atom is -0.346 e. The van der Waals surface area contributed by atoms with Crippen LogP contribution >= 0.6 is 11.8 Å². The van der Waals surface area contributed by atoms with Crippen molar-refractivity contribution in [2.24, 2.45) is 0 Å². The summed E-state index contributed by atoms with van der Waals surface area (Å²) in [5, 5.41) is 12.4. The van der Waals surface area contributed by atoms with Crippen LogP contribution in [-0.2, 0) is 15.6 Å². The molecule has 0 aliphatic rings. The number of benzene rings is 3. The number of halogens is 2. The first-order valence-electron chi connectivity index (χ1n) is 8.75. The maximum absolute atomic E-state index is 14.2. The summed E-state index contributed by atoms with van der Waals surface area (Å²) in [5.74, 6) is -0.743. The minimum absolute atomic E-state index is 0.0178. The highest BCUT2D eigenvalue weighted by molar-refractivity contribution is 8.04. The molecule has 152 valence electrons. The van der Waals surface area contributed by atoms with E-state index in [1.54, 1.807) is 42.5 Å². The lowest BCUT2D eigenvalue weighted by molar-refractivity contribution is 0.603. The van der Waals surface area contributed by atoms with Crippen LogP contribution in [0.15, 0.2) is 93.7 Å². The molecule has 0 amide bonds. The molecule has 3 rings (SSSR count). The van der Waals surface area contributed by atoms with Crippen molar-refractivity contribution in [1.29, 1.82) is 5.26 Å². The van der Waals surface area contributed by atoms with E-state index in [1.165, 1.54) is 42.5 Å². The zero-order valence-electron chi connectivity index (χ0n) is 15.5. The summed E-state index contributed by atoms with van der Waals surface area (Å²) >= 11 is 1.02. The molecule has 0 saturated carbocycles. The van der Waals surface area contributed by atoms with Crippen LogP contribution in [0.5, 0.6) is 0 Å². The zero-order valence-corrected chi connectivity index (χ0v) is 17.2. The average molecular weight is 443 g/mol. The molecule has 0 fully saturated rings. The van der Waals surface area contributed by atoms with Gasteiger partial charge in [-0.05, 0) is 42.0 Å². The Balaban J connectivity index is 2.04. The number of anilines is 1. The van der Waals surface area contributed by atoms with Gasteiger partial charge in [0.05, 0.1) is 10.6 Å². The van der Waals surface area contributed by atoms with E-state index in [4.69, 9.17) is 0 Å². The Bertz CT molecular complexity index is 1200. The van der Waals surface area contributed by atoms with Crippen molar-refractivity contribution in [2.45, 2.75) is 10.6 Å². The number of thioether (sulfide) groups is 1. The first-order valence-corrected chi connectivity index (χ1v) is 11.2. The van der Waals surface area contributed by atoms with Gasteiger partial charge in [-0.3, -0.25) is 0 Å². The first-order chi connectivity index (χ1) is 14.4. The fourth-order valence-electron chi connectivity index (χ4n) is 2.53. The van der Waals surface area contributed by atoms with Gasteiger partial charge in [0, 0.05) is 5.75 Å². The normalized spacial score (nSPS) is 12.0. The molecule has 0 aliphatic carbocycles. The summed E-state index contributed by atoms with van der Waals surface area (Å²) in [6.45, 7) is 0. The Morgan fingerprint density at radius 2 is 1.57 bits per heavy atom. The van der Waals surface area contributed by atoms with E-state index in [-0.39, 0.29) is 21.4 Å². The van der Waals surface area contributed by atoms with Crippen molar-refractivity contribution in [1.82, 2.24) is 0 Å². The second-order valence-electron chi connectivity index (χ2n) is 6.11. The van der Waals surface area contributed by atoms with Crippen LogP contribution < -0.4 is 5.32 Å². The molecule has 8 heteroatoms. The predicted molar refractivity (Wildman–Crippen MR) is 114 cm³/mol. The van der Waals surface area contributed by atoms with E-state index in [1.807, 2.05) is 0 Å². The fraction of sp³-hybridized carbons (Fsp3) is 0.0455.